The maximum absolute atomic E-state index is 13.5. The largest absolute Gasteiger partial charge is 0.333 e. The molecule has 1 fully saturated rings. The lowest BCUT2D eigenvalue weighted by Gasteiger charge is -2.36. The first-order valence-corrected chi connectivity index (χ1v) is 7.88. The van der Waals surface area contributed by atoms with Crippen LogP contribution in [0.25, 0.3) is 0 Å². The molecule has 1 amide bonds. The number of hydrogen-bond donors (Lipinski definition) is 1. The van der Waals surface area contributed by atoms with Crippen LogP contribution in [-0.2, 0) is 11.3 Å². The first kappa shape index (κ1) is 21.4. The Morgan fingerprint density at radius 1 is 1.40 bits per heavy atom. The standard InChI is InChI=1S/C17H21FN4O.2ClH/c1-13-10-20-21(12-13)7-5-17(23)22-8-6-19-11-16(22)14-3-2-4-15(18)9-14;;/h2-4,9-10,12,16,19H,5-8,11H2,1H3;2*1H. The van der Waals surface area contributed by atoms with Gasteiger partial charge in [0.05, 0.1) is 12.2 Å². The number of rotatable bonds is 4. The van der Waals surface area contributed by atoms with Gasteiger partial charge in [0.1, 0.15) is 5.82 Å². The number of aryl methyl sites for hydroxylation is 2. The zero-order valence-electron chi connectivity index (χ0n) is 14.0. The van der Waals surface area contributed by atoms with Crippen molar-refractivity contribution in [2.75, 3.05) is 19.6 Å². The third-order valence-electron chi connectivity index (χ3n) is 4.11. The van der Waals surface area contributed by atoms with Crippen molar-refractivity contribution in [2.24, 2.45) is 0 Å². The van der Waals surface area contributed by atoms with E-state index in [1.807, 2.05) is 24.1 Å². The lowest BCUT2D eigenvalue weighted by Crippen LogP contribution is -2.48. The molecule has 2 aromatic rings. The van der Waals surface area contributed by atoms with E-state index < -0.39 is 0 Å². The Morgan fingerprint density at radius 2 is 2.20 bits per heavy atom. The van der Waals surface area contributed by atoms with Crippen molar-refractivity contribution in [3.05, 3.63) is 53.6 Å². The number of benzene rings is 1. The molecule has 1 N–H and O–H groups in total. The normalized spacial score (nSPS) is 16.7. The van der Waals surface area contributed by atoms with Crippen molar-refractivity contribution in [3.8, 4) is 0 Å². The molecule has 0 saturated carbocycles. The molecule has 1 aromatic heterocycles. The van der Waals surface area contributed by atoms with Crippen molar-refractivity contribution >= 4 is 30.7 Å². The summed E-state index contributed by atoms with van der Waals surface area (Å²) in [5, 5.41) is 7.49. The summed E-state index contributed by atoms with van der Waals surface area (Å²) >= 11 is 0. The number of hydrogen-bond acceptors (Lipinski definition) is 3. The zero-order valence-corrected chi connectivity index (χ0v) is 15.7. The van der Waals surface area contributed by atoms with Gasteiger partial charge in [-0.2, -0.15) is 5.10 Å². The summed E-state index contributed by atoms with van der Waals surface area (Å²) < 4.78 is 15.3. The van der Waals surface area contributed by atoms with Gasteiger partial charge in [0, 0.05) is 38.8 Å². The Morgan fingerprint density at radius 3 is 2.88 bits per heavy atom. The molecule has 1 aliphatic heterocycles. The van der Waals surface area contributed by atoms with Gasteiger partial charge in [-0.1, -0.05) is 12.1 Å². The van der Waals surface area contributed by atoms with E-state index in [2.05, 4.69) is 10.4 Å². The van der Waals surface area contributed by atoms with E-state index in [1.165, 1.54) is 12.1 Å². The van der Waals surface area contributed by atoms with E-state index in [0.717, 1.165) is 17.7 Å². The molecule has 1 atom stereocenters. The van der Waals surface area contributed by atoms with Crippen molar-refractivity contribution in [3.63, 3.8) is 0 Å². The minimum atomic E-state index is -0.271. The molecule has 8 heteroatoms. The average molecular weight is 389 g/mol. The molecular weight excluding hydrogens is 366 g/mol. The highest BCUT2D eigenvalue weighted by Gasteiger charge is 2.27. The smallest absolute Gasteiger partial charge is 0.225 e. The molecule has 0 bridgehead atoms. The fourth-order valence-electron chi connectivity index (χ4n) is 2.96. The molecule has 25 heavy (non-hydrogen) atoms. The van der Waals surface area contributed by atoms with Gasteiger partial charge in [-0.05, 0) is 30.2 Å². The molecule has 0 radical (unpaired) electrons. The Balaban J connectivity index is 0.00000156. The summed E-state index contributed by atoms with van der Waals surface area (Å²) in [5.74, 6) is -0.193. The Bertz CT molecular complexity index is 695. The van der Waals surface area contributed by atoms with Crippen LogP contribution in [0, 0.1) is 12.7 Å². The second kappa shape index (κ2) is 9.75. The van der Waals surface area contributed by atoms with Gasteiger partial charge >= 0.3 is 0 Å². The highest BCUT2D eigenvalue weighted by Crippen LogP contribution is 2.23. The molecule has 138 valence electrons. The van der Waals surface area contributed by atoms with Crippen LogP contribution in [0.1, 0.15) is 23.6 Å². The molecule has 3 rings (SSSR count). The van der Waals surface area contributed by atoms with Crippen molar-refractivity contribution in [1.29, 1.82) is 0 Å². The summed E-state index contributed by atoms with van der Waals surface area (Å²) in [5.41, 5.74) is 1.91. The molecular formula is C17H23Cl2FN4O. The van der Waals surface area contributed by atoms with Gasteiger partial charge in [-0.3, -0.25) is 9.48 Å². The van der Waals surface area contributed by atoms with Crippen LogP contribution in [0.5, 0.6) is 0 Å². The van der Waals surface area contributed by atoms with Crippen molar-refractivity contribution in [1.82, 2.24) is 20.0 Å². The fraction of sp³-hybridized carbons (Fsp3) is 0.412. The fourth-order valence-corrected chi connectivity index (χ4v) is 2.96. The molecule has 0 aliphatic carbocycles. The van der Waals surface area contributed by atoms with E-state index in [9.17, 15) is 9.18 Å². The van der Waals surface area contributed by atoms with Crippen LogP contribution in [0.15, 0.2) is 36.7 Å². The topological polar surface area (TPSA) is 50.2 Å². The monoisotopic (exact) mass is 388 g/mol. The molecule has 5 nitrogen and oxygen atoms in total. The Kier molecular flexibility index (Phi) is 8.35. The SMILES string of the molecule is Cc1cnn(CCC(=O)N2CCNCC2c2cccc(F)c2)c1.Cl.Cl. The lowest BCUT2D eigenvalue weighted by atomic mass is 10.0. The van der Waals surface area contributed by atoms with E-state index in [-0.39, 0.29) is 42.6 Å². The van der Waals surface area contributed by atoms with Crippen LogP contribution >= 0.6 is 24.8 Å². The molecule has 1 aliphatic rings. The third-order valence-corrected chi connectivity index (χ3v) is 4.11. The number of carbonyl (C=O) groups excluding carboxylic acids is 1. The van der Waals surface area contributed by atoms with Crippen molar-refractivity contribution in [2.45, 2.75) is 25.9 Å². The van der Waals surface area contributed by atoms with E-state index in [0.29, 0.717) is 26.1 Å². The number of piperazine rings is 1. The lowest BCUT2D eigenvalue weighted by molar-refractivity contribution is -0.134. The van der Waals surface area contributed by atoms with Gasteiger partial charge in [0.2, 0.25) is 5.91 Å². The van der Waals surface area contributed by atoms with Gasteiger partial charge in [-0.25, -0.2) is 4.39 Å². The predicted octanol–water partition coefficient (Wildman–Crippen LogP) is 2.74. The number of carbonyl (C=O) groups is 1. The first-order valence-electron chi connectivity index (χ1n) is 7.88. The summed E-state index contributed by atoms with van der Waals surface area (Å²) in [7, 11) is 0. The van der Waals surface area contributed by atoms with Crippen molar-refractivity contribution < 1.29 is 9.18 Å². The minimum Gasteiger partial charge on any atom is -0.333 e. The minimum absolute atomic E-state index is 0. The number of amides is 1. The Labute approximate surface area is 159 Å². The highest BCUT2D eigenvalue weighted by molar-refractivity contribution is 5.85. The van der Waals surface area contributed by atoms with Crippen LogP contribution in [0.2, 0.25) is 0 Å². The molecule has 2 heterocycles. The number of halogens is 3. The summed E-state index contributed by atoms with van der Waals surface area (Å²) in [6.07, 6.45) is 4.10. The molecule has 1 unspecified atom stereocenters. The first-order chi connectivity index (χ1) is 11.1. The number of nitrogens with one attached hydrogen (secondary N) is 1. The van der Waals surface area contributed by atoms with Gasteiger partial charge in [0.25, 0.3) is 0 Å². The predicted molar refractivity (Wildman–Crippen MR) is 99.8 cm³/mol. The van der Waals surface area contributed by atoms with E-state index in [1.54, 1.807) is 16.9 Å². The summed E-state index contributed by atoms with van der Waals surface area (Å²) in [6, 6.07) is 6.37. The van der Waals surface area contributed by atoms with Gasteiger partial charge in [0.15, 0.2) is 0 Å². The quantitative estimate of drug-likeness (QED) is 0.875. The second-order valence-electron chi connectivity index (χ2n) is 5.89. The number of aromatic nitrogens is 2. The van der Waals surface area contributed by atoms with E-state index in [4.69, 9.17) is 0 Å². The molecule has 0 spiro atoms. The third kappa shape index (κ3) is 5.42. The van der Waals surface area contributed by atoms with Crippen LogP contribution < -0.4 is 5.32 Å². The maximum Gasteiger partial charge on any atom is 0.225 e. The van der Waals surface area contributed by atoms with Crippen LogP contribution in [-0.4, -0.2) is 40.2 Å². The summed E-state index contributed by atoms with van der Waals surface area (Å²) in [6.45, 7) is 4.58. The second-order valence-corrected chi connectivity index (χ2v) is 5.89. The van der Waals surface area contributed by atoms with E-state index >= 15 is 0 Å². The average Bonchev–Trinajstić information content (AvgIpc) is 2.98. The molecule has 1 saturated heterocycles. The van der Waals surface area contributed by atoms with Crippen LogP contribution in [0.3, 0.4) is 0 Å². The summed E-state index contributed by atoms with van der Waals surface area (Å²) in [4.78, 5) is 14.5. The van der Waals surface area contributed by atoms with Crippen LogP contribution in [0.4, 0.5) is 4.39 Å². The van der Waals surface area contributed by atoms with Gasteiger partial charge in [-0.15, -0.1) is 24.8 Å². The number of nitrogens with zero attached hydrogens (tertiary/aromatic N) is 3. The highest BCUT2D eigenvalue weighted by atomic mass is 35.5. The maximum atomic E-state index is 13.5. The molecule has 1 aromatic carbocycles. The zero-order chi connectivity index (χ0) is 16.2. The Hall–Kier alpha value is -1.63. The van der Waals surface area contributed by atoms with Gasteiger partial charge < -0.3 is 10.2 Å².